The second-order valence-electron chi connectivity index (χ2n) is 5.59. The number of hydrogen-bond donors (Lipinski definition) is 1. The van der Waals surface area contributed by atoms with Gasteiger partial charge in [-0.25, -0.2) is 4.21 Å². The van der Waals surface area contributed by atoms with Crippen molar-refractivity contribution in [2.75, 3.05) is 13.1 Å². The van der Waals surface area contributed by atoms with E-state index in [1.54, 1.807) is 0 Å². The summed E-state index contributed by atoms with van der Waals surface area (Å²) in [4.78, 5) is 2.02. The Morgan fingerprint density at radius 3 is 1.90 bits per heavy atom. The van der Waals surface area contributed by atoms with E-state index in [1.165, 1.54) is 11.1 Å². The normalized spacial score (nSPS) is 20.4. The number of hydrogen-bond acceptors (Lipinski definition) is 2. The first-order valence-electron chi connectivity index (χ1n) is 7.14. The largest absolute Gasteiger partial charge is 0.317 e. The van der Waals surface area contributed by atoms with Gasteiger partial charge in [-0.1, -0.05) is 36.4 Å². The van der Waals surface area contributed by atoms with E-state index in [0.29, 0.717) is 0 Å². The molecule has 2 nitrogen and oxygen atoms in total. The monoisotopic (exact) mass is 283 g/mol. The lowest BCUT2D eigenvalue weighted by Crippen LogP contribution is -2.43. The average Bonchev–Trinajstić information content (AvgIpc) is 2.54. The predicted octanol–water partition coefficient (Wildman–Crippen LogP) is 2.84. The minimum atomic E-state index is -1.04. The molecule has 2 aliphatic heterocycles. The minimum absolute atomic E-state index is 0.0480. The topological polar surface area (TPSA) is 29.1 Å². The highest BCUT2D eigenvalue weighted by Crippen LogP contribution is 2.48. The van der Waals surface area contributed by atoms with Crippen LogP contribution in [0.15, 0.2) is 58.3 Å². The summed E-state index contributed by atoms with van der Waals surface area (Å²) in [5.74, 6) is 0. The molecule has 1 saturated heterocycles. The van der Waals surface area contributed by atoms with Crippen molar-refractivity contribution >= 4 is 10.8 Å². The molecule has 0 aromatic heterocycles. The third-order valence-electron chi connectivity index (χ3n) is 4.66. The Balaban J connectivity index is 2.04. The molecule has 0 saturated carbocycles. The van der Waals surface area contributed by atoms with E-state index in [4.69, 9.17) is 0 Å². The molecular weight excluding hydrogens is 266 g/mol. The summed E-state index contributed by atoms with van der Waals surface area (Å²) >= 11 is 0. The highest BCUT2D eigenvalue weighted by atomic mass is 32.2. The summed E-state index contributed by atoms with van der Waals surface area (Å²) in [6.07, 6.45) is 2.16. The number of benzene rings is 2. The SMILES string of the molecule is O=S1c2ccccc2C2(CCNCC2)c2ccccc21. The molecule has 20 heavy (non-hydrogen) atoms. The molecule has 2 aliphatic rings. The zero-order valence-electron chi connectivity index (χ0n) is 11.3. The van der Waals surface area contributed by atoms with Crippen LogP contribution < -0.4 is 5.32 Å². The molecule has 2 aromatic carbocycles. The number of piperidine rings is 1. The molecule has 1 N–H and O–H groups in total. The molecule has 1 fully saturated rings. The summed E-state index contributed by atoms with van der Waals surface area (Å²) in [6, 6.07) is 16.6. The molecule has 1 spiro atoms. The first-order valence-corrected chi connectivity index (χ1v) is 8.29. The van der Waals surface area contributed by atoms with Gasteiger partial charge < -0.3 is 5.32 Å². The van der Waals surface area contributed by atoms with Crippen molar-refractivity contribution in [3.05, 3.63) is 59.7 Å². The van der Waals surface area contributed by atoms with Gasteiger partial charge in [-0.15, -0.1) is 0 Å². The van der Waals surface area contributed by atoms with Crippen molar-refractivity contribution in [1.82, 2.24) is 5.32 Å². The molecule has 3 heteroatoms. The van der Waals surface area contributed by atoms with Gasteiger partial charge in [0.1, 0.15) is 0 Å². The number of nitrogens with one attached hydrogen (secondary N) is 1. The molecule has 102 valence electrons. The van der Waals surface area contributed by atoms with Gasteiger partial charge in [-0.05, 0) is 49.2 Å². The van der Waals surface area contributed by atoms with Crippen LogP contribution in [0.5, 0.6) is 0 Å². The van der Waals surface area contributed by atoms with Crippen LogP contribution in [-0.2, 0) is 16.2 Å². The van der Waals surface area contributed by atoms with Crippen molar-refractivity contribution in [2.24, 2.45) is 0 Å². The first kappa shape index (κ1) is 12.3. The van der Waals surface area contributed by atoms with Crippen LogP contribution in [0.2, 0.25) is 0 Å². The molecule has 0 atom stereocenters. The van der Waals surface area contributed by atoms with Gasteiger partial charge in [0, 0.05) is 15.2 Å². The maximum atomic E-state index is 12.8. The van der Waals surface area contributed by atoms with Crippen molar-refractivity contribution < 1.29 is 4.21 Å². The molecular formula is C17H17NOS. The van der Waals surface area contributed by atoms with Crippen LogP contribution in [0.25, 0.3) is 0 Å². The summed E-state index contributed by atoms with van der Waals surface area (Å²) in [5.41, 5.74) is 2.60. The van der Waals surface area contributed by atoms with Gasteiger partial charge in [-0.3, -0.25) is 0 Å². The van der Waals surface area contributed by atoms with Crippen molar-refractivity contribution in [3.8, 4) is 0 Å². The predicted molar refractivity (Wildman–Crippen MR) is 80.4 cm³/mol. The maximum absolute atomic E-state index is 12.8. The first-order chi connectivity index (χ1) is 9.83. The summed E-state index contributed by atoms with van der Waals surface area (Å²) in [7, 11) is -1.04. The molecule has 0 unspecified atom stereocenters. The molecule has 0 aliphatic carbocycles. The van der Waals surface area contributed by atoms with Gasteiger partial charge in [0.15, 0.2) is 0 Å². The molecule has 0 amide bonds. The highest BCUT2D eigenvalue weighted by molar-refractivity contribution is 7.85. The van der Waals surface area contributed by atoms with Crippen LogP contribution in [0.4, 0.5) is 0 Å². The van der Waals surface area contributed by atoms with Crippen LogP contribution in [0.1, 0.15) is 24.0 Å². The van der Waals surface area contributed by atoms with E-state index >= 15 is 0 Å². The lowest BCUT2D eigenvalue weighted by atomic mass is 9.68. The fourth-order valence-corrected chi connectivity index (χ4v) is 5.27. The van der Waals surface area contributed by atoms with Crippen LogP contribution >= 0.6 is 0 Å². The quantitative estimate of drug-likeness (QED) is 0.805. The molecule has 0 radical (unpaired) electrons. The Labute approximate surface area is 121 Å². The van der Waals surface area contributed by atoms with Gasteiger partial charge in [0.2, 0.25) is 0 Å². The standard InChI is InChI=1S/C17H17NOS/c19-20-15-7-3-1-5-13(15)17(9-11-18-12-10-17)14-6-2-4-8-16(14)20/h1-8,18H,9-12H2. The zero-order chi connectivity index (χ0) is 13.6. The van der Waals surface area contributed by atoms with Gasteiger partial charge >= 0.3 is 0 Å². The van der Waals surface area contributed by atoms with Gasteiger partial charge in [-0.2, -0.15) is 0 Å². The van der Waals surface area contributed by atoms with Crippen molar-refractivity contribution in [3.63, 3.8) is 0 Å². The van der Waals surface area contributed by atoms with E-state index in [-0.39, 0.29) is 5.41 Å². The minimum Gasteiger partial charge on any atom is -0.317 e. The fourth-order valence-electron chi connectivity index (χ4n) is 3.70. The van der Waals surface area contributed by atoms with Crippen LogP contribution in [0.3, 0.4) is 0 Å². The Morgan fingerprint density at radius 1 is 0.850 bits per heavy atom. The third-order valence-corrected chi connectivity index (χ3v) is 6.17. The number of rotatable bonds is 0. The summed E-state index contributed by atoms with van der Waals surface area (Å²) in [5, 5.41) is 3.45. The third kappa shape index (κ3) is 1.57. The summed E-state index contributed by atoms with van der Waals surface area (Å²) < 4.78 is 12.8. The number of fused-ring (bicyclic) bond motifs is 4. The lowest BCUT2D eigenvalue weighted by Gasteiger charge is -2.43. The second kappa shape index (κ2) is 4.54. The zero-order valence-corrected chi connectivity index (χ0v) is 12.1. The van der Waals surface area contributed by atoms with E-state index in [1.807, 2.05) is 24.3 Å². The van der Waals surface area contributed by atoms with Crippen molar-refractivity contribution in [1.29, 1.82) is 0 Å². The molecule has 0 bridgehead atoms. The van der Waals surface area contributed by atoms with Crippen LogP contribution in [-0.4, -0.2) is 17.3 Å². The highest BCUT2D eigenvalue weighted by Gasteiger charge is 2.43. The molecule has 2 aromatic rings. The maximum Gasteiger partial charge on any atom is 0.0855 e. The Hall–Kier alpha value is -1.45. The van der Waals surface area contributed by atoms with Gasteiger partial charge in [0.25, 0.3) is 0 Å². The van der Waals surface area contributed by atoms with E-state index < -0.39 is 10.8 Å². The van der Waals surface area contributed by atoms with E-state index in [2.05, 4.69) is 29.6 Å². The Kier molecular flexibility index (Phi) is 2.79. The van der Waals surface area contributed by atoms with Gasteiger partial charge in [0.05, 0.1) is 10.8 Å². The molecule has 4 rings (SSSR count). The molecule has 2 heterocycles. The van der Waals surface area contributed by atoms with Crippen molar-refractivity contribution in [2.45, 2.75) is 28.0 Å². The summed E-state index contributed by atoms with van der Waals surface area (Å²) in [6.45, 7) is 2.05. The Bertz CT molecular complexity index is 637. The second-order valence-corrected chi connectivity index (χ2v) is 7.01. The average molecular weight is 283 g/mol. The Morgan fingerprint density at radius 2 is 1.35 bits per heavy atom. The smallest absolute Gasteiger partial charge is 0.0855 e. The van der Waals surface area contributed by atoms with E-state index in [9.17, 15) is 4.21 Å². The lowest BCUT2D eigenvalue weighted by molar-refractivity contribution is 0.349. The van der Waals surface area contributed by atoms with Crippen LogP contribution in [0, 0.1) is 0 Å². The van der Waals surface area contributed by atoms with E-state index in [0.717, 1.165) is 35.7 Å². The fraction of sp³-hybridized carbons (Fsp3) is 0.294.